The lowest BCUT2D eigenvalue weighted by Crippen LogP contribution is -2.42. The van der Waals surface area contributed by atoms with Gasteiger partial charge in [0.1, 0.15) is 0 Å². The molecule has 1 heterocycles. The monoisotopic (exact) mass is 532 g/mol. The van der Waals surface area contributed by atoms with Crippen LogP contribution in [-0.4, -0.2) is 25.0 Å². The van der Waals surface area contributed by atoms with Crippen molar-refractivity contribution in [1.29, 1.82) is 0 Å². The minimum absolute atomic E-state index is 0. The van der Waals surface area contributed by atoms with Gasteiger partial charge in [0.15, 0.2) is 11.7 Å². The maximum atomic E-state index is 12.0. The molecule has 7 heteroatoms. The Balaban J connectivity index is 0.00000341. The number of aryl methyl sites for hydroxylation is 1. The van der Waals surface area contributed by atoms with Gasteiger partial charge in [0.2, 0.25) is 0 Å². The number of nitrogens with one attached hydrogen (secondary N) is 3. The van der Waals surface area contributed by atoms with Gasteiger partial charge in [0, 0.05) is 25.3 Å². The fourth-order valence-corrected chi connectivity index (χ4v) is 3.02. The fraction of sp³-hybridized carbons (Fsp3) is 0.250. The first-order valence-corrected chi connectivity index (χ1v) is 10.1. The summed E-state index contributed by atoms with van der Waals surface area (Å²) >= 11 is 0. The number of furan rings is 1. The molecule has 0 fully saturated rings. The van der Waals surface area contributed by atoms with Crippen molar-refractivity contribution in [2.75, 3.05) is 12.4 Å². The lowest BCUT2D eigenvalue weighted by molar-refractivity contribution is 0.0996. The van der Waals surface area contributed by atoms with Crippen LogP contribution >= 0.6 is 24.0 Å². The van der Waals surface area contributed by atoms with Crippen molar-refractivity contribution in [1.82, 2.24) is 10.6 Å². The van der Waals surface area contributed by atoms with E-state index in [1.165, 1.54) is 11.8 Å². The number of hydrogen-bond donors (Lipinski definition) is 3. The first-order chi connectivity index (χ1) is 14.6. The van der Waals surface area contributed by atoms with Crippen LogP contribution in [0.2, 0.25) is 0 Å². The van der Waals surface area contributed by atoms with Gasteiger partial charge < -0.3 is 20.4 Å². The quantitative estimate of drug-likeness (QED) is 0.221. The van der Waals surface area contributed by atoms with Crippen LogP contribution in [0.1, 0.15) is 35.0 Å². The summed E-state index contributed by atoms with van der Waals surface area (Å²) in [4.78, 5) is 16.3. The number of nitrogens with zero attached hydrogens (tertiary/aromatic N) is 1. The summed E-state index contributed by atoms with van der Waals surface area (Å²) in [6.07, 6.45) is 3.53. The summed E-state index contributed by atoms with van der Waals surface area (Å²) in [6.45, 7) is 2.80. The second kappa shape index (κ2) is 12.8. The smallest absolute Gasteiger partial charge is 0.291 e. The predicted molar refractivity (Wildman–Crippen MR) is 136 cm³/mol. The minimum atomic E-state index is -0.264. The second-order valence-electron chi connectivity index (χ2n) is 7.12. The van der Waals surface area contributed by atoms with E-state index in [1.807, 2.05) is 30.3 Å². The van der Waals surface area contributed by atoms with E-state index in [2.05, 4.69) is 52.1 Å². The van der Waals surface area contributed by atoms with Crippen LogP contribution in [0.5, 0.6) is 0 Å². The third-order valence-electron chi connectivity index (χ3n) is 4.73. The highest BCUT2D eigenvalue weighted by molar-refractivity contribution is 14.0. The maximum Gasteiger partial charge on any atom is 0.291 e. The molecule has 3 aromatic rings. The average molecular weight is 532 g/mol. The van der Waals surface area contributed by atoms with Gasteiger partial charge in [-0.3, -0.25) is 9.79 Å². The molecule has 0 spiro atoms. The molecule has 2 aromatic carbocycles. The van der Waals surface area contributed by atoms with Crippen LogP contribution in [0.3, 0.4) is 0 Å². The van der Waals surface area contributed by atoms with Gasteiger partial charge in [-0.05, 0) is 55.2 Å². The van der Waals surface area contributed by atoms with Crippen LogP contribution in [0.25, 0.3) is 0 Å². The van der Waals surface area contributed by atoms with E-state index in [1.54, 1.807) is 19.2 Å². The Morgan fingerprint density at radius 1 is 1.00 bits per heavy atom. The van der Waals surface area contributed by atoms with Gasteiger partial charge in [0.05, 0.1) is 6.26 Å². The van der Waals surface area contributed by atoms with Gasteiger partial charge in [-0.25, -0.2) is 0 Å². The van der Waals surface area contributed by atoms with Crippen LogP contribution < -0.4 is 16.0 Å². The molecule has 0 radical (unpaired) electrons. The highest BCUT2D eigenvalue weighted by Crippen LogP contribution is 2.12. The maximum absolute atomic E-state index is 12.0. The number of aliphatic imine (C=N–C) groups is 1. The molecule has 1 atom stereocenters. The van der Waals surface area contributed by atoms with Crippen LogP contribution in [0.4, 0.5) is 5.69 Å². The molecule has 0 bridgehead atoms. The Bertz CT molecular complexity index is 941. The molecule has 0 aliphatic carbocycles. The first kappa shape index (κ1) is 24.5. The molecule has 0 aliphatic heterocycles. The van der Waals surface area contributed by atoms with E-state index in [4.69, 9.17) is 4.42 Å². The molecule has 1 unspecified atom stereocenters. The average Bonchev–Trinajstić information content (AvgIpc) is 3.32. The molecule has 0 aliphatic rings. The molecular weight excluding hydrogens is 503 g/mol. The van der Waals surface area contributed by atoms with Gasteiger partial charge in [0.25, 0.3) is 5.91 Å². The first-order valence-electron chi connectivity index (χ1n) is 10.1. The topological polar surface area (TPSA) is 78.7 Å². The Labute approximate surface area is 200 Å². The van der Waals surface area contributed by atoms with E-state index in [9.17, 15) is 4.79 Å². The van der Waals surface area contributed by atoms with Gasteiger partial charge in [-0.2, -0.15) is 0 Å². The number of guanidine groups is 1. The summed E-state index contributed by atoms with van der Waals surface area (Å²) < 4.78 is 5.10. The lowest BCUT2D eigenvalue weighted by atomic mass is 10.1. The van der Waals surface area contributed by atoms with E-state index < -0.39 is 0 Å². The Morgan fingerprint density at radius 2 is 1.74 bits per heavy atom. The number of anilines is 1. The standard InChI is InChI=1S/C24H28N4O2.HI/c1-18(10-11-19-7-4-3-5-8-19)27-24(25-2)26-17-20-12-14-21(15-13-20)28-23(29)22-9-6-16-30-22;/h3-9,12-16,18H,10-11,17H2,1-2H3,(H,28,29)(H2,25,26,27);1H. The van der Waals surface area contributed by atoms with Crippen molar-refractivity contribution >= 4 is 41.5 Å². The zero-order chi connectivity index (χ0) is 21.2. The molecular formula is C24H29IN4O2. The van der Waals surface area contributed by atoms with Crippen molar-refractivity contribution in [3.63, 3.8) is 0 Å². The fourth-order valence-electron chi connectivity index (χ4n) is 3.02. The molecule has 1 aromatic heterocycles. The van der Waals surface area contributed by atoms with Crippen molar-refractivity contribution in [2.24, 2.45) is 4.99 Å². The highest BCUT2D eigenvalue weighted by atomic mass is 127. The Hall–Kier alpha value is -2.81. The Morgan fingerprint density at radius 3 is 2.39 bits per heavy atom. The number of benzene rings is 2. The molecule has 0 saturated heterocycles. The summed E-state index contributed by atoms with van der Waals surface area (Å²) in [5.41, 5.74) is 3.15. The minimum Gasteiger partial charge on any atom is -0.459 e. The second-order valence-corrected chi connectivity index (χ2v) is 7.12. The molecule has 3 N–H and O–H groups in total. The largest absolute Gasteiger partial charge is 0.459 e. The van der Waals surface area contributed by atoms with E-state index in [0.29, 0.717) is 12.6 Å². The van der Waals surface area contributed by atoms with Crippen molar-refractivity contribution in [3.8, 4) is 0 Å². The van der Waals surface area contributed by atoms with Crippen molar-refractivity contribution < 1.29 is 9.21 Å². The van der Waals surface area contributed by atoms with Gasteiger partial charge in [-0.1, -0.05) is 42.5 Å². The van der Waals surface area contributed by atoms with Crippen LogP contribution in [-0.2, 0) is 13.0 Å². The third kappa shape index (κ3) is 8.09. The zero-order valence-electron chi connectivity index (χ0n) is 17.8. The summed E-state index contributed by atoms with van der Waals surface area (Å²) in [6, 6.07) is 21.8. The number of carbonyl (C=O) groups is 1. The number of halogens is 1. The van der Waals surface area contributed by atoms with Gasteiger partial charge >= 0.3 is 0 Å². The van der Waals surface area contributed by atoms with Crippen molar-refractivity contribution in [3.05, 3.63) is 89.9 Å². The molecule has 164 valence electrons. The van der Waals surface area contributed by atoms with Crippen LogP contribution in [0, 0.1) is 0 Å². The molecule has 0 saturated carbocycles. The molecule has 3 rings (SSSR count). The van der Waals surface area contributed by atoms with Crippen LogP contribution in [0.15, 0.2) is 82.4 Å². The van der Waals surface area contributed by atoms with Crippen molar-refractivity contribution in [2.45, 2.75) is 32.4 Å². The van der Waals surface area contributed by atoms with E-state index in [-0.39, 0.29) is 35.6 Å². The SMILES string of the molecule is CN=C(NCc1ccc(NC(=O)c2ccco2)cc1)NC(C)CCc1ccccc1.I. The van der Waals surface area contributed by atoms with E-state index in [0.717, 1.165) is 30.1 Å². The molecule has 1 amide bonds. The number of hydrogen-bond acceptors (Lipinski definition) is 3. The third-order valence-corrected chi connectivity index (χ3v) is 4.73. The number of rotatable bonds is 8. The number of amides is 1. The summed E-state index contributed by atoms with van der Waals surface area (Å²) in [5.74, 6) is 0.794. The van der Waals surface area contributed by atoms with E-state index >= 15 is 0 Å². The lowest BCUT2D eigenvalue weighted by Gasteiger charge is -2.18. The zero-order valence-corrected chi connectivity index (χ0v) is 20.1. The normalized spacial score (nSPS) is 11.9. The van der Waals surface area contributed by atoms with Gasteiger partial charge in [-0.15, -0.1) is 24.0 Å². The summed E-state index contributed by atoms with van der Waals surface area (Å²) in [5, 5.41) is 9.58. The molecule has 6 nitrogen and oxygen atoms in total. The Kier molecular flexibility index (Phi) is 10.1. The number of carbonyl (C=O) groups excluding carboxylic acids is 1. The highest BCUT2D eigenvalue weighted by Gasteiger charge is 2.09. The predicted octanol–water partition coefficient (Wildman–Crippen LogP) is 4.84. The molecule has 31 heavy (non-hydrogen) atoms. The summed E-state index contributed by atoms with van der Waals surface area (Å²) in [7, 11) is 1.77.